The van der Waals surface area contributed by atoms with Crippen LogP contribution in [-0.4, -0.2) is 18.8 Å². The molecule has 2 aromatic carbocycles. The average molecular weight is 316 g/mol. The highest BCUT2D eigenvalue weighted by Gasteiger charge is 2.19. The Morgan fingerprint density at radius 3 is 2.46 bits per heavy atom. The van der Waals surface area contributed by atoms with E-state index >= 15 is 0 Å². The quantitative estimate of drug-likeness (QED) is 0.778. The summed E-state index contributed by atoms with van der Waals surface area (Å²) in [4.78, 5) is 6.87. The number of nitrogens with zero attached hydrogens (tertiary/aromatic N) is 2. The smallest absolute Gasteiger partial charge is 0.0535 e. The van der Waals surface area contributed by atoms with Crippen molar-refractivity contribution < 1.29 is 0 Å². The Kier molecular flexibility index (Phi) is 5.27. The Labute approximate surface area is 144 Å². The second-order valence-corrected chi connectivity index (χ2v) is 6.18. The predicted octanol–water partition coefficient (Wildman–Crippen LogP) is 4.96. The molecule has 0 saturated carbocycles. The van der Waals surface area contributed by atoms with Gasteiger partial charge in [0, 0.05) is 31.4 Å². The topological polar surface area (TPSA) is 15.6 Å². The van der Waals surface area contributed by atoms with Gasteiger partial charge >= 0.3 is 0 Å². The van der Waals surface area contributed by atoms with Gasteiger partial charge in [0.15, 0.2) is 0 Å². The number of hydrogen-bond acceptors (Lipinski definition) is 2. The van der Waals surface area contributed by atoms with E-state index in [-0.39, 0.29) is 0 Å². The first-order valence-corrected chi connectivity index (χ1v) is 8.44. The van der Waals surface area contributed by atoms with E-state index in [1.807, 2.05) is 7.05 Å². The second kappa shape index (κ2) is 7.78. The van der Waals surface area contributed by atoms with Gasteiger partial charge in [-0.2, -0.15) is 0 Å². The lowest BCUT2D eigenvalue weighted by molar-refractivity contribution is 0.704. The molecule has 0 fully saturated rings. The summed E-state index contributed by atoms with van der Waals surface area (Å²) in [6.07, 6.45) is 9.51. The van der Waals surface area contributed by atoms with Crippen LogP contribution < -0.4 is 4.90 Å². The summed E-state index contributed by atoms with van der Waals surface area (Å²) in [7, 11) is 1.87. The SMILES string of the molecule is CN=C1C=CC=CC(N(Cc2ccc(C)cc2)c2ccccc2)C1. The lowest BCUT2D eigenvalue weighted by Crippen LogP contribution is -2.34. The molecule has 1 aliphatic rings. The Balaban J connectivity index is 1.91. The molecule has 3 rings (SSSR count). The largest absolute Gasteiger partial charge is 0.360 e. The molecule has 0 saturated heterocycles. The molecule has 1 aliphatic carbocycles. The van der Waals surface area contributed by atoms with Crippen molar-refractivity contribution in [3.63, 3.8) is 0 Å². The first-order chi connectivity index (χ1) is 11.8. The first-order valence-electron chi connectivity index (χ1n) is 8.44. The highest BCUT2D eigenvalue weighted by molar-refractivity contribution is 5.96. The molecule has 0 aromatic heterocycles. The molecule has 0 spiro atoms. The fourth-order valence-electron chi connectivity index (χ4n) is 3.00. The summed E-state index contributed by atoms with van der Waals surface area (Å²) in [5, 5.41) is 0. The van der Waals surface area contributed by atoms with Gasteiger partial charge in [-0.3, -0.25) is 4.99 Å². The van der Waals surface area contributed by atoms with E-state index in [2.05, 4.69) is 95.7 Å². The number of aryl methyl sites for hydroxylation is 1. The third-order valence-corrected chi connectivity index (χ3v) is 4.40. The monoisotopic (exact) mass is 316 g/mol. The van der Waals surface area contributed by atoms with Crippen LogP contribution in [0.1, 0.15) is 17.5 Å². The summed E-state index contributed by atoms with van der Waals surface area (Å²) < 4.78 is 0. The van der Waals surface area contributed by atoms with E-state index in [1.54, 1.807) is 0 Å². The van der Waals surface area contributed by atoms with Gasteiger partial charge in [-0.1, -0.05) is 66.3 Å². The number of hydrogen-bond donors (Lipinski definition) is 0. The minimum absolute atomic E-state index is 0.294. The van der Waals surface area contributed by atoms with Crippen LogP contribution in [0.5, 0.6) is 0 Å². The van der Waals surface area contributed by atoms with E-state index < -0.39 is 0 Å². The molecule has 2 heteroatoms. The van der Waals surface area contributed by atoms with Crippen LogP contribution >= 0.6 is 0 Å². The van der Waals surface area contributed by atoms with Crippen LogP contribution in [0.25, 0.3) is 0 Å². The average Bonchev–Trinajstić information content (AvgIpc) is 2.87. The molecule has 0 aliphatic heterocycles. The molecule has 122 valence electrons. The van der Waals surface area contributed by atoms with Crippen molar-refractivity contribution in [3.8, 4) is 0 Å². The minimum atomic E-state index is 0.294. The standard InChI is InChI=1S/C22H24N2/c1-18-12-14-19(15-13-18)17-24(21-9-4-3-5-10-21)22-11-7-6-8-20(16-22)23-2/h3-15,22H,16-17H2,1-2H3. The maximum Gasteiger partial charge on any atom is 0.0535 e. The summed E-state index contributed by atoms with van der Waals surface area (Å²) in [6, 6.07) is 19.7. The summed E-state index contributed by atoms with van der Waals surface area (Å²) in [5.41, 5.74) is 4.99. The Morgan fingerprint density at radius 1 is 1.00 bits per heavy atom. The van der Waals surface area contributed by atoms with E-state index in [1.165, 1.54) is 16.8 Å². The third-order valence-electron chi connectivity index (χ3n) is 4.40. The number of allylic oxidation sites excluding steroid dienone is 3. The number of benzene rings is 2. The number of rotatable bonds is 4. The fourth-order valence-corrected chi connectivity index (χ4v) is 3.00. The molecule has 2 aromatic rings. The van der Waals surface area contributed by atoms with Crippen molar-refractivity contribution in [2.24, 2.45) is 4.99 Å². The van der Waals surface area contributed by atoms with Gasteiger partial charge in [-0.05, 0) is 30.7 Å². The van der Waals surface area contributed by atoms with Crippen LogP contribution in [0, 0.1) is 6.92 Å². The van der Waals surface area contributed by atoms with Gasteiger partial charge in [0.25, 0.3) is 0 Å². The van der Waals surface area contributed by atoms with Gasteiger partial charge < -0.3 is 4.90 Å². The Hall–Kier alpha value is -2.61. The molecule has 0 amide bonds. The molecule has 1 unspecified atom stereocenters. The lowest BCUT2D eigenvalue weighted by Gasteiger charge is -2.32. The van der Waals surface area contributed by atoms with E-state index in [9.17, 15) is 0 Å². The van der Waals surface area contributed by atoms with E-state index in [4.69, 9.17) is 0 Å². The summed E-state index contributed by atoms with van der Waals surface area (Å²) in [6.45, 7) is 3.01. The maximum absolute atomic E-state index is 4.42. The van der Waals surface area contributed by atoms with Crippen molar-refractivity contribution in [3.05, 3.63) is 90.0 Å². The van der Waals surface area contributed by atoms with Gasteiger partial charge in [0.2, 0.25) is 0 Å². The van der Waals surface area contributed by atoms with Crippen LogP contribution in [0.15, 0.2) is 83.9 Å². The maximum atomic E-state index is 4.42. The predicted molar refractivity (Wildman–Crippen MR) is 104 cm³/mol. The van der Waals surface area contributed by atoms with Crippen molar-refractivity contribution in [2.75, 3.05) is 11.9 Å². The molecule has 0 N–H and O–H groups in total. The highest BCUT2D eigenvalue weighted by atomic mass is 15.2. The van der Waals surface area contributed by atoms with Gasteiger partial charge in [0.05, 0.1) is 6.04 Å². The van der Waals surface area contributed by atoms with Crippen molar-refractivity contribution in [2.45, 2.75) is 25.9 Å². The van der Waals surface area contributed by atoms with E-state index in [0.29, 0.717) is 6.04 Å². The lowest BCUT2D eigenvalue weighted by atomic mass is 10.1. The van der Waals surface area contributed by atoms with Crippen LogP contribution in [0.4, 0.5) is 5.69 Å². The van der Waals surface area contributed by atoms with Gasteiger partial charge in [-0.15, -0.1) is 0 Å². The van der Waals surface area contributed by atoms with Crippen LogP contribution in [-0.2, 0) is 6.54 Å². The van der Waals surface area contributed by atoms with Crippen LogP contribution in [0.2, 0.25) is 0 Å². The van der Waals surface area contributed by atoms with Crippen molar-refractivity contribution >= 4 is 11.4 Å². The zero-order valence-electron chi connectivity index (χ0n) is 14.4. The molecular formula is C22H24N2. The zero-order chi connectivity index (χ0) is 16.8. The van der Waals surface area contributed by atoms with Gasteiger partial charge in [-0.25, -0.2) is 0 Å². The summed E-state index contributed by atoms with van der Waals surface area (Å²) in [5.74, 6) is 0. The molecule has 2 nitrogen and oxygen atoms in total. The minimum Gasteiger partial charge on any atom is -0.360 e. The normalized spacial score (nSPS) is 18.6. The highest BCUT2D eigenvalue weighted by Crippen LogP contribution is 2.24. The molecule has 1 atom stereocenters. The molecular weight excluding hydrogens is 292 g/mol. The van der Waals surface area contributed by atoms with Crippen LogP contribution in [0.3, 0.4) is 0 Å². The molecule has 0 heterocycles. The number of para-hydroxylation sites is 1. The Bertz CT molecular complexity index is 739. The molecule has 0 radical (unpaired) electrons. The van der Waals surface area contributed by atoms with Crippen molar-refractivity contribution in [1.82, 2.24) is 0 Å². The molecule has 24 heavy (non-hydrogen) atoms. The zero-order valence-corrected chi connectivity index (χ0v) is 14.4. The van der Waals surface area contributed by atoms with Crippen molar-refractivity contribution in [1.29, 1.82) is 0 Å². The fraction of sp³-hybridized carbons (Fsp3) is 0.227. The Morgan fingerprint density at radius 2 is 1.75 bits per heavy atom. The summed E-state index contributed by atoms with van der Waals surface area (Å²) >= 11 is 0. The number of aliphatic imine (C=N–C) groups is 1. The van der Waals surface area contributed by atoms with Gasteiger partial charge in [0.1, 0.15) is 0 Å². The first kappa shape index (κ1) is 16.3. The third kappa shape index (κ3) is 4.02. The molecule has 0 bridgehead atoms. The second-order valence-electron chi connectivity index (χ2n) is 6.18. The van der Waals surface area contributed by atoms with E-state index in [0.717, 1.165) is 18.7 Å². The number of anilines is 1.